The largest absolute Gasteiger partial charge is 0.490 e. The molecule has 6 aromatic rings. The summed E-state index contributed by atoms with van der Waals surface area (Å²) in [4.78, 5) is 101. The Balaban J connectivity index is 0.820. The lowest BCUT2D eigenvalue weighted by Crippen LogP contribution is -2.52. The number of carbonyl (C=O) groups excluding carboxylic acids is 6. The van der Waals surface area contributed by atoms with Gasteiger partial charge in [0.15, 0.2) is 11.4 Å². The van der Waals surface area contributed by atoms with Gasteiger partial charge < -0.3 is 45.7 Å². The molecule has 3 aromatic carbocycles. The number of ether oxygens (including phenoxy) is 2. The van der Waals surface area contributed by atoms with E-state index in [1.807, 2.05) is 0 Å². The van der Waals surface area contributed by atoms with Gasteiger partial charge in [0.05, 0.1) is 77.6 Å². The Labute approximate surface area is 400 Å². The van der Waals surface area contributed by atoms with Gasteiger partial charge in [-0.1, -0.05) is 37.3 Å². The number of sulfone groups is 1. The predicted molar refractivity (Wildman–Crippen MR) is 250 cm³/mol. The molecule has 3 aromatic heterocycles. The fourth-order valence-electron chi connectivity index (χ4n) is 8.72. The third-order valence-electron chi connectivity index (χ3n) is 12.2. The Bertz CT molecular complexity index is 3400. The SMILES string of the molecule is CC[C@@]1(O)C(=O)OCc2c1cc1n(c2=O)Cc2c-1nc1ccc(NC(=O)CNC(=O)[C@H](Cc3ccccc3)NC(=O)CNC(=O)CNC(=O)Cc3cc4sc(S(C)(=O)=O)nc4cc3F)c3c1c2CCO3. The van der Waals surface area contributed by atoms with Crippen LogP contribution in [0.1, 0.15) is 46.7 Å². The van der Waals surface area contributed by atoms with E-state index < -0.39 is 94.4 Å². The van der Waals surface area contributed by atoms with Gasteiger partial charge in [-0.15, -0.1) is 11.3 Å². The maximum atomic E-state index is 14.7. The van der Waals surface area contributed by atoms with Crippen LogP contribution in [0.4, 0.5) is 10.1 Å². The number of carbonyl (C=O) groups is 6. The molecule has 6 N–H and O–H groups in total. The van der Waals surface area contributed by atoms with Gasteiger partial charge in [0, 0.05) is 41.7 Å². The number of hydrogen-bond donors (Lipinski definition) is 6. The number of rotatable bonds is 15. The number of amides is 5. The fraction of sp³-hybridized carbons (Fsp3) is 0.298. The molecule has 70 heavy (non-hydrogen) atoms. The van der Waals surface area contributed by atoms with Gasteiger partial charge in [-0.25, -0.2) is 27.6 Å². The molecule has 0 bridgehead atoms. The van der Waals surface area contributed by atoms with E-state index in [-0.39, 0.29) is 59.1 Å². The van der Waals surface area contributed by atoms with E-state index in [1.54, 1.807) is 60.0 Å². The van der Waals surface area contributed by atoms with E-state index in [0.717, 1.165) is 34.8 Å². The number of halogens is 1. The van der Waals surface area contributed by atoms with Crippen LogP contribution in [-0.2, 0) is 81.4 Å². The van der Waals surface area contributed by atoms with Crippen molar-refractivity contribution < 1.29 is 56.2 Å². The summed E-state index contributed by atoms with van der Waals surface area (Å²) in [5, 5.41) is 24.5. The van der Waals surface area contributed by atoms with Gasteiger partial charge in [-0.3, -0.25) is 28.8 Å². The molecule has 9 rings (SSSR count). The van der Waals surface area contributed by atoms with Crippen LogP contribution in [0.2, 0.25) is 0 Å². The van der Waals surface area contributed by atoms with Crippen LogP contribution in [0, 0.1) is 5.82 Å². The summed E-state index contributed by atoms with van der Waals surface area (Å²) >= 11 is 0.832. The van der Waals surface area contributed by atoms with Crippen molar-refractivity contribution in [2.24, 2.45) is 0 Å². The molecule has 5 amide bonds. The first kappa shape index (κ1) is 47.4. The Morgan fingerprint density at radius 1 is 0.886 bits per heavy atom. The molecule has 0 unspecified atom stereocenters. The third-order valence-corrected chi connectivity index (χ3v) is 14.9. The first-order valence-corrected chi connectivity index (χ1v) is 24.6. The van der Waals surface area contributed by atoms with Crippen molar-refractivity contribution in [2.45, 2.75) is 61.7 Å². The number of benzene rings is 3. The van der Waals surface area contributed by atoms with Gasteiger partial charge in [-0.05, 0) is 47.4 Å². The molecule has 3 aliphatic rings. The molecule has 0 spiro atoms. The van der Waals surface area contributed by atoms with Crippen LogP contribution < -0.4 is 36.9 Å². The van der Waals surface area contributed by atoms with Crippen molar-refractivity contribution in [3.63, 3.8) is 0 Å². The zero-order valence-corrected chi connectivity index (χ0v) is 39.0. The lowest BCUT2D eigenvalue weighted by molar-refractivity contribution is -0.172. The van der Waals surface area contributed by atoms with Crippen LogP contribution in [0.15, 0.2) is 69.8 Å². The number of fused-ring (bicyclic) bond motifs is 6. The molecular formula is C47H43FN8O12S2. The minimum Gasteiger partial charge on any atom is -0.490 e. The highest BCUT2D eigenvalue weighted by atomic mass is 32.2. The number of nitrogens with one attached hydrogen (secondary N) is 5. The van der Waals surface area contributed by atoms with Crippen molar-refractivity contribution in [2.75, 3.05) is 37.8 Å². The fourth-order valence-corrected chi connectivity index (χ4v) is 10.6. The molecule has 0 fully saturated rings. The molecule has 23 heteroatoms. The average Bonchev–Trinajstić information content (AvgIpc) is 3.94. The molecule has 0 radical (unpaired) electrons. The molecule has 362 valence electrons. The molecular weight excluding hydrogens is 952 g/mol. The minimum absolute atomic E-state index is 0.00526. The van der Waals surface area contributed by atoms with Gasteiger partial charge in [0.1, 0.15) is 18.5 Å². The number of aromatic nitrogens is 3. The highest BCUT2D eigenvalue weighted by Gasteiger charge is 2.45. The zero-order valence-electron chi connectivity index (χ0n) is 37.4. The monoisotopic (exact) mass is 994 g/mol. The van der Waals surface area contributed by atoms with Crippen LogP contribution in [0.3, 0.4) is 0 Å². The highest BCUT2D eigenvalue weighted by molar-refractivity contribution is 7.92. The second kappa shape index (κ2) is 18.7. The summed E-state index contributed by atoms with van der Waals surface area (Å²) < 4.78 is 51.5. The van der Waals surface area contributed by atoms with Crippen LogP contribution >= 0.6 is 11.3 Å². The highest BCUT2D eigenvalue weighted by Crippen LogP contribution is 2.45. The van der Waals surface area contributed by atoms with Crippen molar-refractivity contribution in [3.05, 3.63) is 110 Å². The number of esters is 1. The summed E-state index contributed by atoms with van der Waals surface area (Å²) in [6, 6.07) is 14.9. The van der Waals surface area contributed by atoms with Gasteiger partial charge >= 0.3 is 5.97 Å². The number of anilines is 1. The van der Waals surface area contributed by atoms with Gasteiger partial charge in [0.25, 0.3) is 5.56 Å². The Morgan fingerprint density at radius 2 is 1.63 bits per heavy atom. The second-order valence-electron chi connectivity index (χ2n) is 16.9. The smallest absolute Gasteiger partial charge is 0.343 e. The number of aliphatic hydroxyl groups is 1. The van der Waals surface area contributed by atoms with E-state index in [4.69, 9.17) is 14.5 Å². The van der Waals surface area contributed by atoms with Crippen LogP contribution in [0.25, 0.3) is 32.5 Å². The Kier molecular flexibility index (Phi) is 12.7. The number of hydrogen-bond acceptors (Lipinski definition) is 15. The van der Waals surface area contributed by atoms with Crippen LogP contribution in [0.5, 0.6) is 5.75 Å². The summed E-state index contributed by atoms with van der Waals surface area (Å²) in [7, 11) is -3.63. The summed E-state index contributed by atoms with van der Waals surface area (Å²) in [6.07, 6.45) is 1.00. The maximum absolute atomic E-state index is 14.7. The second-order valence-corrected chi connectivity index (χ2v) is 20.1. The molecule has 0 aliphatic carbocycles. The molecule has 3 aliphatic heterocycles. The van der Waals surface area contributed by atoms with Crippen molar-refractivity contribution >= 4 is 83.5 Å². The molecule has 6 heterocycles. The lowest BCUT2D eigenvalue weighted by Gasteiger charge is -2.31. The van der Waals surface area contributed by atoms with Crippen LogP contribution in [-0.4, -0.2) is 102 Å². The third kappa shape index (κ3) is 9.17. The standard InChI is InChI=1S/C47H43FN8O12S2/c1-3-47(64)28-16-34-41-26(21-56(34)44(62)27(28)22-68-45(47)63)25-11-12-67-42-31(10-9-30(54-41)40(25)42)52-39(60)20-51-43(61)33(13-23-7-5-4-6-8-23)53-38(59)19-50-37(58)18-49-36(57)15-24-14-35-32(17-29(24)48)55-46(69-35)70(2,65)66/h4-10,14,16-17,33,64H,3,11-13,15,18-22H2,1-2H3,(H,49,57)(H,50,58)(H,51,61)(H,52,60)(H,53,59)/t33-,47-/m0/s1. The van der Waals surface area contributed by atoms with E-state index in [9.17, 15) is 51.5 Å². The normalized spacial score (nSPS) is 16.0. The van der Waals surface area contributed by atoms with E-state index >= 15 is 0 Å². The van der Waals surface area contributed by atoms with Crippen molar-refractivity contribution in [1.82, 2.24) is 35.8 Å². The lowest BCUT2D eigenvalue weighted by atomic mass is 9.86. The quantitative estimate of drug-likeness (QED) is 0.0794. The Morgan fingerprint density at radius 3 is 2.39 bits per heavy atom. The summed E-state index contributed by atoms with van der Waals surface area (Å²) in [5.74, 6) is -4.82. The van der Waals surface area contributed by atoms with Gasteiger partial charge in [-0.2, -0.15) is 0 Å². The molecule has 0 saturated carbocycles. The number of cyclic esters (lactones) is 1. The predicted octanol–water partition coefficient (Wildman–Crippen LogP) is 1.42. The summed E-state index contributed by atoms with van der Waals surface area (Å²) in [5.41, 5.74) is 2.24. The molecule has 0 saturated heterocycles. The minimum atomic E-state index is -3.63. The molecule has 20 nitrogen and oxygen atoms in total. The Hall–Kier alpha value is -7.63. The van der Waals surface area contributed by atoms with Crippen molar-refractivity contribution in [1.29, 1.82) is 0 Å². The van der Waals surface area contributed by atoms with E-state index in [0.29, 0.717) is 50.4 Å². The summed E-state index contributed by atoms with van der Waals surface area (Å²) in [6.45, 7) is 0.134. The number of pyridine rings is 2. The maximum Gasteiger partial charge on any atom is 0.343 e. The number of nitrogens with zero attached hydrogens (tertiary/aromatic N) is 3. The zero-order chi connectivity index (χ0) is 49.6. The topological polar surface area (TPSA) is 283 Å². The first-order chi connectivity index (χ1) is 33.4. The van der Waals surface area contributed by atoms with E-state index in [1.165, 1.54) is 6.07 Å². The average molecular weight is 995 g/mol. The number of thiazole rings is 1. The molecule has 2 atom stereocenters. The van der Waals surface area contributed by atoms with E-state index in [2.05, 4.69) is 31.6 Å². The van der Waals surface area contributed by atoms with Gasteiger partial charge in [0.2, 0.25) is 43.7 Å². The first-order valence-electron chi connectivity index (χ1n) is 21.9. The van der Waals surface area contributed by atoms with Crippen molar-refractivity contribution in [3.8, 4) is 17.1 Å².